The largest absolute Gasteiger partial charge is 0.324 e. The fraction of sp³-hybridized carbons (Fsp3) is 0.474. The standard InChI is InChI=1S/C19H24N6OS/c1-13(17-21-15-10-6-7-11-16(15)27-17)24(2)19(26)22-18-20-12-25(23-18)14-8-4-3-5-9-14/h6-7,10-14H,3-5,8-9H2,1-2H3,(H,22,23,26). The smallest absolute Gasteiger partial charge is 0.318 e. The van der Waals surface area contributed by atoms with Crippen LogP contribution >= 0.6 is 11.3 Å². The number of para-hydroxylation sites is 1. The van der Waals surface area contributed by atoms with E-state index < -0.39 is 0 Å². The molecule has 3 aromatic rings. The zero-order valence-electron chi connectivity index (χ0n) is 15.6. The van der Waals surface area contributed by atoms with Crippen LogP contribution in [-0.2, 0) is 0 Å². The van der Waals surface area contributed by atoms with Crippen LogP contribution in [0.1, 0.15) is 56.1 Å². The molecule has 1 unspecified atom stereocenters. The highest BCUT2D eigenvalue weighted by Crippen LogP contribution is 2.29. The summed E-state index contributed by atoms with van der Waals surface area (Å²) in [6, 6.07) is 8.04. The zero-order valence-corrected chi connectivity index (χ0v) is 16.4. The number of thiazole rings is 1. The maximum Gasteiger partial charge on any atom is 0.324 e. The second-order valence-corrected chi connectivity index (χ2v) is 8.14. The number of hydrogen-bond donors (Lipinski definition) is 1. The molecule has 2 amide bonds. The minimum Gasteiger partial charge on any atom is -0.318 e. The van der Waals surface area contributed by atoms with Crippen LogP contribution in [0.25, 0.3) is 10.2 Å². The van der Waals surface area contributed by atoms with Crippen LogP contribution in [0.2, 0.25) is 0 Å². The highest BCUT2D eigenvalue weighted by Gasteiger charge is 2.22. The maximum absolute atomic E-state index is 12.6. The van der Waals surface area contributed by atoms with Crippen LogP contribution in [0.5, 0.6) is 0 Å². The van der Waals surface area contributed by atoms with Crippen LogP contribution < -0.4 is 5.32 Å². The van der Waals surface area contributed by atoms with E-state index in [0.29, 0.717) is 12.0 Å². The first-order chi connectivity index (χ1) is 13.1. The van der Waals surface area contributed by atoms with E-state index >= 15 is 0 Å². The lowest BCUT2D eigenvalue weighted by Gasteiger charge is -2.23. The van der Waals surface area contributed by atoms with Crippen LogP contribution in [0.15, 0.2) is 30.6 Å². The van der Waals surface area contributed by atoms with E-state index in [1.807, 2.05) is 35.9 Å². The quantitative estimate of drug-likeness (QED) is 0.712. The predicted octanol–water partition coefficient (Wildman–Crippen LogP) is 4.62. The van der Waals surface area contributed by atoms with Gasteiger partial charge in [0.25, 0.3) is 0 Å². The van der Waals surface area contributed by atoms with Gasteiger partial charge >= 0.3 is 6.03 Å². The van der Waals surface area contributed by atoms with Gasteiger partial charge in [-0.2, -0.15) is 0 Å². The summed E-state index contributed by atoms with van der Waals surface area (Å²) in [5, 5.41) is 8.18. The molecule has 1 aliphatic carbocycles. The fourth-order valence-corrected chi connectivity index (χ4v) is 4.51. The molecule has 8 heteroatoms. The van der Waals surface area contributed by atoms with Crippen molar-refractivity contribution < 1.29 is 4.79 Å². The number of fused-ring (bicyclic) bond motifs is 1. The number of nitrogens with one attached hydrogen (secondary N) is 1. The molecule has 2 heterocycles. The number of benzene rings is 1. The van der Waals surface area contributed by atoms with Crippen molar-refractivity contribution in [2.45, 2.75) is 51.1 Å². The highest BCUT2D eigenvalue weighted by atomic mass is 32.1. The third-order valence-electron chi connectivity index (χ3n) is 5.25. The lowest BCUT2D eigenvalue weighted by Crippen LogP contribution is -2.34. The first kappa shape index (κ1) is 17.9. The summed E-state index contributed by atoms with van der Waals surface area (Å²) in [7, 11) is 1.77. The molecule has 142 valence electrons. The van der Waals surface area contributed by atoms with Crippen molar-refractivity contribution in [1.29, 1.82) is 0 Å². The molecule has 0 saturated heterocycles. The van der Waals surface area contributed by atoms with E-state index in [9.17, 15) is 4.79 Å². The Hall–Kier alpha value is -2.48. The normalized spacial score (nSPS) is 16.4. The summed E-state index contributed by atoms with van der Waals surface area (Å²) >= 11 is 1.61. The molecule has 0 aliphatic heterocycles. The van der Waals surface area contributed by atoms with Crippen LogP contribution in [0, 0.1) is 0 Å². The number of aromatic nitrogens is 4. The number of nitrogens with zero attached hydrogens (tertiary/aromatic N) is 5. The molecule has 7 nitrogen and oxygen atoms in total. The van der Waals surface area contributed by atoms with E-state index in [1.165, 1.54) is 19.3 Å². The van der Waals surface area contributed by atoms with Crippen molar-refractivity contribution in [3.8, 4) is 0 Å². The van der Waals surface area contributed by atoms with Gasteiger partial charge in [-0.25, -0.2) is 19.4 Å². The molecule has 1 fully saturated rings. The molecule has 27 heavy (non-hydrogen) atoms. The van der Waals surface area contributed by atoms with Crippen molar-refractivity contribution in [3.05, 3.63) is 35.6 Å². The molecule has 1 N–H and O–H groups in total. The highest BCUT2D eigenvalue weighted by molar-refractivity contribution is 7.18. The summed E-state index contributed by atoms with van der Waals surface area (Å²) in [6.07, 6.45) is 7.74. The molecular weight excluding hydrogens is 360 g/mol. The Bertz CT molecular complexity index is 896. The fourth-order valence-electron chi connectivity index (χ4n) is 3.45. The lowest BCUT2D eigenvalue weighted by atomic mass is 9.96. The van der Waals surface area contributed by atoms with Gasteiger partial charge in [-0.15, -0.1) is 16.4 Å². The van der Waals surface area contributed by atoms with Crippen LogP contribution in [0.4, 0.5) is 10.7 Å². The molecule has 1 atom stereocenters. The number of carbonyl (C=O) groups excluding carboxylic acids is 1. The topological polar surface area (TPSA) is 75.9 Å². The molecule has 4 rings (SSSR count). The van der Waals surface area contributed by atoms with E-state index in [1.54, 1.807) is 29.6 Å². The number of rotatable bonds is 4. The van der Waals surface area contributed by atoms with Crippen molar-refractivity contribution in [3.63, 3.8) is 0 Å². The third kappa shape index (κ3) is 3.80. The maximum atomic E-state index is 12.6. The lowest BCUT2D eigenvalue weighted by molar-refractivity contribution is 0.208. The molecule has 0 bridgehead atoms. The van der Waals surface area contributed by atoms with Crippen molar-refractivity contribution >= 4 is 33.5 Å². The summed E-state index contributed by atoms with van der Waals surface area (Å²) in [4.78, 5) is 23.2. The van der Waals surface area contributed by atoms with Gasteiger partial charge in [-0.1, -0.05) is 31.4 Å². The van der Waals surface area contributed by atoms with Gasteiger partial charge in [0.15, 0.2) is 0 Å². The second kappa shape index (κ2) is 7.64. The molecule has 1 aromatic carbocycles. The molecule has 0 radical (unpaired) electrons. The minimum atomic E-state index is -0.233. The summed E-state index contributed by atoms with van der Waals surface area (Å²) in [5.74, 6) is 0.355. The number of hydrogen-bond acceptors (Lipinski definition) is 5. The third-order valence-corrected chi connectivity index (χ3v) is 6.45. The van der Waals surface area contributed by atoms with E-state index in [0.717, 1.165) is 28.1 Å². The van der Waals surface area contributed by atoms with Gasteiger partial charge in [0.05, 0.1) is 22.3 Å². The Balaban J connectivity index is 1.42. The number of anilines is 1. The Kier molecular flexibility index (Phi) is 5.07. The van der Waals surface area contributed by atoms with Gasteiger partial charge in [0.2, 0.25) is 5.95 Å². The molecule has 2 aromatic heterocycles. The average molecular weight is 385 g/mol. The second-order valence-electron chi connectivity index (χ2n) is 7.08. The Labute approximate surface area is 162 Å². The monoisotopic (exact) mass is 384 g/mol. The molecule has 1 saturated carbocycles. The number of carbonyl (C=O) groups is 1. The van der Waals surface area contributed by atoms with Gasteiger partial charge in [0, 0.05) is 7.05 Å². The summed E-state index contributed by atoms with van der Waals surface area (Å²) in [6.45, 7) is 1.98. The first-order valence-corrected chi connectivity index (χ1v) is 10.2. The molecule has 1 aliphatic rings. The number of urea groups is 1. The Morgan fingerprint density at radius 2 is 2.07 bits per heavy atom. The zero-order chi connectivity index (χ0) is 18.8. The van der Waals surface area contributed by atoms with Crippen molar-refractivity contribution in [2.75, 3.05) is 12.4 Å². The molecular formula is C19H24N6OS. The van der Waals surface area contributed by atoms with Gasteiger partial charge in [-0.05, 0) is 31.9 Å². The van der Waals surface area contributed by atoms with E-state index in [4.69, 9.17) is 0 Å². The SMILES string of the molecule is CC(c1nc2ccccc2s1)N(C)C(=O)Nc1ncn(C2CCCCC2)n1. The van der Waals surface area contributed by atoms with Gasteiger partial charge in [-0.3, -0.25) is 5.32 Å². The predicted molar refractivity (Wildman–Crippen MR) is 107 cm³/mol. The average Bonchev–Trinajstić information content (AvgIpc) is 3.34. The van der Waals surface area contributed by atoms with Crippen molar-refractivity contribution in [2.24, 2.45) is 0 Å². The van der Waals surface area contributed by atoms with E-state index in [-0.39, 0.29) is 12.1 Å². The van der Waals surface area contributed by atoms with Crippen LogP contribution in [0.3, 0.4) is 0 Å². The van der Waals surface area contributed by atoms with Gasteiger partial charge in [0.1, 0.15) is 11.3 Å². The first-order valence-electron chi connectivity index (χ1n) is 9.42. The van der Waals surface area contributed by atoms with Crippen molar-refractivity contribution in [1.82, 2.24) is 24.6 Å². The molecule has 0 spiro atoms. The Morgan fingerprint density at radius 3 is 2.85 bits per heavy atom. The number of amides is 2. The van der Waals surface area contributed by atoms with E-state index in [2.05, 4.69) is 20.4 Å². The van der Waals surface area contributed by atoms with Gasteiger partial charge < -0.3 is 4.90 Å². The minimum absolute atomic E-state index is 0.136. The summed E-state index contributed by atoms with van der Waals surface area (Å²) < 4.78 is 3.02. The van der Waals surface area contributed by atoms with Crippen LogP contribution in [-0.4, -0.2) is 37.7 Å². The summed E-state index contributed by atoms with van der Waals surface area (Å²) in [5.41, 5.74) is 0.964. The Morgan fingerprint density at radius 1 is 1.30 bits per heavy atom.